The first-order chi connectivity index (χ1) is 11.5. The number of Topliss-reactive ketones (excluding diaryl/α,β-unsaturated/α-hetero) is 1. The van der Waals surface area contributed by atoms with Crippen LogP contribution in [0.25, 0.3) is 0 Å². The van der Waals surface area contributed by atoms with Crippen LogP contribution in [0.2, 0.25) is 0 Å². The maximum atomic E-state index is 12.9. The van der Waals surface area contributed by atoms with Gasteiger partial charge < -0.3 is 14.4 Å². The summed E-state index contributed by atoms with van der Waals surface area (Å²) in [5.41, 5.74) is -0.660. The van der Waals surface area contributed by atoms with Gasteiger partial charge in [0.25, 0.3) is 5.91 Å². The molecule has 0 radical (unpaired) electrons. The number of aryl methyl sites for hydroxylation is 1. The van der Waals surface area contributed by atoms with E-state index < -0.39 is 11.5 Å². The van der Waals surface area contributed by atoms with Crippen LogP contribution >= 0.6 is 0 Å². The molecule has 1 atom stereocenters. The molecule has 1 aromatic heterocycles. The predicted molar refractivity (Wildman–Crippen MR) is 90.0 cm³/mol. The van der Waals surface area contributed by atoms with Crippen molar-refractivity contribution in [3.63, 3.8) is 0 Å². The zero-order valence-corrected chi connectivity index (χ0v) is 13.9. The molecule has 5 nitrogen and oxygen atoms in total. The number of benzene rings is 1. The third kappa shape index (κ3) is 2.65. The number of fused-ring (bicyclic) bond motifs is 1. The summed E-state index contributed by atoms with van der Waals surface area (Å²) < 4.78 is 5.33. The second-order valence-electron chi connectivity index (χ2n) is 6.20. The first kappa shape index (κ1) is 16.5. The molecule has 0 aliphatic carbocycles. The first-order valence-electron chi connectivity index (χ1n) is 8.21. The van der Waals surface area contributed by atoms with Crippen molar-refractivity contribution in [1.29, 1.82) is 0 Å². The largest absolute Gasteiger partial charge is 0.458 e. The lowest BCUT2D eigenvalue weighted by atomic mass is 9.89. The number of carbonyl (C=O) groups excluding carboxylic acids is 2. The van der Waals surface area contributed by atoms with Crippen LogP contribution in [0.1, 0.15) is 48.1 Å². The number of nitrogens with zero attached hydrogens (tertiary/aromatic N) is 1. The molecule has 1 aromatic carbocycles. The number of unbranched alkanes of at least 4 members (excludes halogenated alkanes) is 1. The Morgan fingerprint density at radius 3 is 2.67 bits per heavy atom. The lowest BCUT2D eigenvalue weighted by Gasteiger charge is -2.22. The Morgan fingerprint density at radius 1 is 1.25 bits per heavy atom. The number of para-hydroxylation sites is 1. The van der Waals surface area contributed by atoms with Crippen LogP contribution in [0.4, 0.5) is 5.69 Å². The maximum absolute atomic E-state index is 12.9. The molecule has 2 heterocycles. The summed E-state index contributed by atoms with van der Waals surface area (Å²) in [7, 11) is 0. The molecule has 0 bridgehead atoms. The van der Waals surface area contributed by atoms with Crippen molar-refractivity contribution >= 4 is 17.4 Å². The number of hydrogen-bond donors (Lipinski definition) is 1. The minimum absolute atomic E-state index is 0.165. The Labute approximate surface area is 140 Å². The fraction of sp³-hybridized carbons (Fsp3) is 0.368. The molecule has 1 N–H and O–H groups in total. The van der Waals surface area contributed by atoms with E-state index in [1.54, 1.807) is 36.1 Å². The molecule has 0 spiro atoms. The Balaban J connectivity index is 1.93. The van der Waals surface area contributed by atoms with Crippen LogP contribution in [-0.4, -0.2) is 23.3 Å². The number of carbonyl (C=O) groups is 2. The highest BCUT2D eigenvalue weighted by Gasteiger charge is 2.50. The molecule has 126 valence electrons. The van der Waals surface area contributed by atoms with Crippen molar-refractivity contribution in [1.82, 2.24) is 0 Å². The molecule has 0 saturated carbocycles. The fourth-order valence-electron chi connectivity index (χ4n) is 3.12. The smallest absolute Gasteiger partial charge is 0.264 e. The molecule has 1 aliphatic rings. The van der Waals surface area contributed by atoms with Gasteiger partial charge in [-0.1, -0.05) is 31.5 Å². The fourth-order valence-corrected chi connectivity index (χ4v) is 3.12. The highest BCUT2D eigenvalue weighted by molar-refractivity contribution is 6.10. The number of amides is 1. The van der Waals surface area contributed by atoms with Gasteiger partial charge in [-0.05, 0) is 31.5 Å². The molecule has 5 heteroatoms. The van der Waals surface area contributed by atoms with Crippen LogP contribution in [0.3, 0.4) is 0 Å². The Morgan fingerprint density at radius 2 is 2.00 bits per heavy atom. The third-order valence-electron chi connectivity index (χ3n) is 4.41. The molecule has 2 aromatic rings. The van der Waals surface area contributed by atoms with Gasteiger partial charge >= 0.3 is 0 Å². The van der Waals surface area contributed by atoms with E-state index in [0.717, 1.165) is 12.8 Å². The molecule has 1 unspecified atom stereocenters. The van der Waals surface area contributed by atoms with E-state index in [9.17, 15) is 14.7 Å². The summed E-state index contributed by atoms with van der Waals surface area (Å²) in [6.45, 7) is 4.32. The monoisotopic (exact) mass is 327 g/mol. The molecule has 1 aliphatic heterocycles. The lowest BCUT2D eigenvalue weighted by Crippen LogP contribution is -2.42. The number of ketones is 1. The van der Waals surface area contributed by atoms with E-state index in [4.69, 9.17) is 4.42 Å². The molecule has 24 heavy (non-hydrogen) atoms. The van der Waals surface area contributed by atoms with Crippen molar-refractivity contribution in [3.8, 4) is 0 Å². The van der Waals surface area contributed by atoms with E-state index >= 15 is 0 Å². The Bertz CT molecular complexity index is 779. The summed E-state index contributed by atoms with van der Waals surface area (Å²) in [6, 6.07) is 10.4. The summed E-state index contributed by atoms with van der Waals surface area (Å²) in [4.78, 5) is 26.9. The summed E-state index contributed by atoms with van der Waals surface area (Å²) in [6.07, 6.45) is 1.45. The van der Waals surface area contributed by atoms with Crippen LogP contribution in [0.15, 0.2) is 40.8 Å². The van der Waals surface area contributed by atoms with Gasteiger partial charge in [0, 0.05) is 12.1 Å². The topological polar surface area (TPSA) is 70.8 Å². The van der Waals surface area contributed by atoms with Gasteiger partial charge in [0.1, 0.15) is 5.76 Å². The van der Waals surface area contributed by atoms with Gasteiger partial charge in [-0.15, -0.1) is 0 Å². The quantitative estimate of drug-likeness (QED) is 0.827. The summed E-state index contributed by atoms with van der Waals surface area (Å²) in [5, 5.41) is 11.1. The second-order valence-corrected chi connectivity index (χ2v) is 6.20. The molecule has 0 fully saturated rings. The van der Waals surface area contributed by atoms with Gasteiger partial charge in [0.2, 0.25) is 5.78 Å². The summed E-state index contributed by atoms with van der Waals surface area (Å²) >= 11 is 0. The number of anilines is 1. The zero-order chi connectivity index (χ0) is 17.3. The number of aliphatic hydroxyl groups is 1. The van der Waals surface area contributed by atoms with Crippen molar-refractivity contribution in [2.75, 3.05) is 11.4 Å². The van der Waals surface area contributed by atoms with Crippen LogP contribution in [0, 0.1) is 6.92 Å². The van der Waals surface area contributed by atoms with Crippen molar-refractivity contribution in [3.05, 3.63) is 53.5 Å². The minimum Gasteiger partial charge on any atom is -0.458 e. The molecular weight excluding hydrogens is 306 g/mol. The standard InChI is InChI=1S/C19H21NO4/c1-3-4-11-20-15-8-6-5-7-14(15)19(23,18(20)22)12-16(21)17-10-9-13(2)24-17/h5-10,23H,3-4,11-12H2,1-2H3. The van der Waals surface area contributed by atoms with E-state index in [1.807, 2.05) is 19.1 Å². The third-order valence-corrected chi connectivity index (χ3v) is 4.41. The van der Waals surface area contributed by atoms with Gasteiger partial charge in [0.05, 0.1) is 12.1 Å². The van der Waals surface area contributed by atoms with E-state index in [2.05, 4.69) is 0 Å². The Kier molecular flexibility index (Phi) is 4.28. The highest BCUT2D eigenvalue weighted by atomic mass is 16.3. The molecule has 1 amide bonds. The van der Waals surface area contributed by atoms with Crippen molar-refractivity contribution in [2.24, 2.45) is 0 Å². The lowest BCUT2D eigenvalue weighted by molar-refractivity contribution is -0.135. The maximum Gasteiger partial charge on any atom is 0.264 e. The number of hydrogen-bond acceptors (Lipinski definition) is 4. The van der Waals surface area contributed by atoms with Gasteiger partial charge in [-0.2, -0.15) is 0 Å². The van der Waals surface area contributed by atoms with E-state index in [-0.39, 0.29) is 18.0 Å². The Hall–Kier alpha value is -2.40. The second kappa shape index (κ2) is 6.24. The zero-order valence-electron chi connectivity index (χ0n) is 13.9. The number of rotatable bonds is 6. The highest BCUT2D eigenvalue weighted by Crippen LogP contribution is 2.42. The molecule has 3 rings (SSSR count). The predicted octanol–water partition coefficient (Wildman–Crippen LogP) is 3.20. The summed E-state index contributed by atoms with van der Waals surface area (Å²) in [5.74, 6) is -0.0360. The average molecular weight is 327 g/mol. The average Bonchev–Trinajstić information content (AvgIpc) is 3.09. The minimum atomic E-state index is -1.83. The first-order valence-corrected chi connectivity index (χ1v) is 8.21. The van der Waals surface area contributed by atoms with Crippen LogP contribution in [0.5, 0.6) is 0 Å². The van der Waals surface area contributed by atoms with Crippen molar-refractivity contribution in [2.45, 2.75) is 38.7 Å². The van der Waals surface area contributed by atoms with Gasteiger partial charge in [-0.3, -0.25) is 9.59 Å². The van der Waals surface area contributed by atoms with Gasteiger partial charge in [0.15, 0.2) is 11.4 Å². The van der Waals surface area contributed by atoms with E-state index in [1.165, 1.54) is 0 Å². The van der Waals surface area contributed by atoms with Crippen molar-refractivity contribution < 1.29 is 19.1 Å². The van der Waals surface area contributed by atoms with Crippen LogP contribution in [-0.2, 0) is 10.4 Å². The molecular formula is C19H21NO4. The van der Waals surface area contributed by atoms with E-state index in [0.29, 0.717) is 23.6 Å². The normalized spacial score (nSPS) is 19.6. The number of furan rings is 1. The van der Waals surface area contributed by atoms with Gasteiger partial charge in [-0.25, -0.2) is 0 Å². The van der Waals surface area contributed by atoms with Crippen LogP contribution < -0.4 is 4.90 Å². The SMILES string of the molecule is CCCCN1C(=O)C(O)(CC(=O)c2ccc(C)o2)c2ccccc21. The molecule has 0 saturated heterocycles.